The van der Waals surface area contributed by atoms with E-state index >= 15 is 0 Å². The molecule has 0 amide bonds. The van der Waals surface area contributed by atoms with Crippen LogP contribution in [-0.2, 0) is 6.42 Å². The molecule has 1 saturated carbocycles. The summed E-state index contributed by atoms with van der Waals surface area (Å²) in [5.74, 6) is 0.317. The van der Waals surface area contributed by atoms with Gasteiger partial charge in [0.25, 0.3) is 0 Å². The third-order valence-corrected chi connectivity index (χ3v) is 4.18. The van der Waals surface area contributed by atoms with Gasteiger partial charge in [-0.2, -0.15) is 0 Å². The summed E-state index contributed by atoms with van der Waals surface area (Å²) in [4.78, 5) is 0. The molecule has 1 nitrogen and oxygen atoms in total. The summed E-state index contributed by atoms with van der Waals surface area (Å²) in [5.41, 5.74) is 3.03. The van der Waals surface area contributed by atoms with E-state index in [9.17, 15) is 9.50 Å². The summed E-state index contributed by atoms with van der Waals surface area (Å²) < 4.78 is 14.1. The minimum Gasteiger partial charge on any atom is -0.388 e. The molecular weight excluding hydrogens is 319 g/mol. The second-order valence-electron chi connectivity index (χ2n) is 5.40. The summed E-state index contributed by atoms with van der Waals surface area (Å²) in [7, 11) is 0. The van der Waals surface area contributed by atoms with Crippen molar-refractivity contribution in [2.24, 2.45) is 0 Å². The first-order valence-corrected chi connectivity index (χ1v) is 7.64. The van der Waals surface area contributed by atoms with Crippen LogP contribution in [0.15, 0.2) is 46.9 Å². The molecule has 3 rings (SSSR count). The van der Waals surface area contributed by atoms with Gasteiger partial charge in [0, 0.05) is 10.9 Å². The molecule has 0 radical (unpaired) electrons. The van der Waals surface area contributed by atoms with Gasteiger partial charge in [-0.3, -0.25) is 0 Å². The molecule has 1 fully saturated rings. The first-order valence-electron chi connectivity index (χ1n) is 6.85. The second-order valence-corrected chi connectivity index (χ2v) is 6.32. The van der Waals surface area contributed by atoms with E-state index in [0.29, 0.717) is 16.8 Å². The Bertz CT molecular complexity index is 602. The fraction of sp³-hybridized carbons (Fsp3) is 0.294. The number of hydrogen-bond donors (Lipinski definition) is 1. The maximum atomic E-state index is 13.4. The van der Waals surface area contributed by atoms with Crippen LogP contribution in [0.3, 0.4) is 0 Å². The van der Waals surface area contributed by atoms with Crippen LogP contribution in [-0.4, -0.2) is 5.11 Å². The Morgan fingerprint density at radius 2 is 1.95 bits per heavy atom. The van der Waals surface area contributed by atoms with Gasteiger partial charge < -0.3 is 5.11 Å². The summed E-state index contributed by atoms with van der Waals surface area (Å²) in [6.07, 6.45) is 2.26. The Kier molecular flexibility index (Phi) is 3.90. The monoisotopic (exact) mass is 334 g/mol. The van der Waals surface area contributed by atoms with Crippen molar-refractivity contribution in [2.45, 2.75) is 31.3 Å². The lowest BCUT2D eigenvalue weighted by molar-refractivity contribution is 0.177. The molecule has 1 aliphatic carbocycles. The average Bonchev–Trinajstić information content (AvgIpc) is 3.21. The Labute approximate surface area is 126 Å². The standard InChI is InChI=1S/C17H16BrFO/c18-13-7-11(8-14(19)10-13)9-17(20)16-4-2-1-3-15(16)12-5-6-12/h1-4,7-8,10,12,17,20H,5-6,9H2. The van der Waals surface area contributed by atoms with Crippen molar-refractivity contribution in [2.75, 3.05) is 0 Å². The van der Waals surface area contributed by atoms with Crippen LogP contribution in [0.2, 0.25) is 0 Å². The van der Waals surface area contributed by atoms with E-state index in [1.165, 1.54) is 30.5 Å². The van der Waals surface area contributed by atoms with Gasteiger partial charge in [0.05, 0.1) is 6.10 Å². The molecule has 3 heteroatoms. The van der Waals surface area contributed by atoms with E-state index in [1.807, 2.05) is 24.3 Å². The van der Waals surface area contributed by atoms with Crippen LogP contribution in [0.25, 0.3) is 0 Å². The van der Waals surface area contributed by atoms with E-state index in [4.69, 9.17) is 0 Å². The van der Waals surface area contributed by atoms with Crippen LogP contribution >= 0.6 is 15.9 Å². The number of halogens is 2. The van der Waals surface area contributed by atoms with Gasteiger partial charge in [0.1, 0.15) is 5.82 Å². The van der Waals surface area contributed by atoms with Crippen molar-refractivity contribution in [3.05, 3.63) is 69.4 Å². The van der Waals surface area contributed by atoms with Crippen LogP contribution < -0.4 is 0 Å². The summed E-state index contributed by atoms with van der Waals surface area (Å²) in [5, 5.41) is 10.5. The molecule has 1 atom stereocenters. The quantitative estimate of drug-likeness (QED) is 0.855. The van der Waals surface area contributed by atoms with Crippen LogP contribution in [0.1, 0.15) is 41.6 Å². The minimum absolute atomic E-state index is 0.281. The molecule has 0 aromatic heterocycles. The Morgan fingerprint density at radius 3 is 2.65 bits per heavy atom. The summed E-state index contributed by atoms with van der Waals surface area (Å²) in [6.45, 7) is 0. The van der Waals surface area contributed by atoms with E-state index in [-0.39, 0.29) is 5.82 Å². The van der Waals surface area contributed by atoms with Gasteiger partial charge in [-0.15, -0.1) is 0 Å². The molecule has 2 aromatic rings. The predicted molar refractivity (Wildman–Crippen MR) is 81.2 cm³/mol. The molecule has 1 unspecified atom stereocenters. The lowest BCUT2D eigenvalue weighted by Crippen LogP contribution is -2.05. The topological polar surface area (TPSA) is 20.2 Å². The zero-order valence-corrected chi connectivity index (χ0v) is 12.6. The molecule has 20 heavy (non-hydrogen) atoms. The van der Waals surface area contributed by atoms with Crippen molar-refractivity contribution in [1.29, 1.82) is 0 Å². The minimum atomic E-state index is -0.583. The van der Waals surface area contributed by atoms with Gasteiger partial charge >= 0.3 is 0 Å². The molecule has 1 aliphatic rings. The zero-order chi connectivity index (χ0) is 14.1. The fourth-order valence-corrected chi connectivity index (χ4v) is 3.16. The van der Waals surface area contributed by atoms with Crippen LogP contribution in [0, 0.1) is 5.82 Å². The third kappa shape index (κ3) is 3.10. The smallest absolute Gasteiger partial charge is 0.124 e. The third-order valence-electron chi connectivity index (χ3n) is 3.72. The van der Waals surface area contributed by atoms with Crippen molar-refractivity contribution in [3.63, 3.8) is 0 Å². The second kappa shape index (κ2) is 5.66. The maximum absolute atomic E-state index is 13.4. The largest absolute Gasteiger partial charge is 0.388 e. The van der Waals surface area contributed by atoms with Crippen molar-refractivity contribution in [3.8, 4) is 0 Å². The molecule has 0 aliphatic heterocycles. The lowest BCUT2D eigenvalue weighted by atomic mass is 9.95. The first kappa shape index (κ1) is 13.8. The van der Waals surface area contributed by atoms with Crippen molar-refractivity contribution >= 4 is 15.9 Å². The van der Waals surface area contributed by atoms with Gasteiger partial charge in [-0.25, -0.2) is 4.39 Å². The molecule has 1 N–H and O–H groups in total. The van der Waals surface area contributed by atoms with E-state index in [2.05, 4.69) is 22.0 Å². The first-order chi connectivity index (χ1) is 9.63. The van der Waals surface area contributed by atoms with Gasteiger partial charge in [-0.1, -0.05) is 40.2 Å². The van der Waals surface area contributed by atoms with Crippen molar-refractivity contribution in [1.82, 2.24) is 0 Å². The van der Waals surface area contributed by atoms with E-state index in [0.717, 1.165) is 11.1 Å². The molecule has 0 heterocycles. The highest BCUT2D eigenvalue weighted by molar-refractivity contribution is 9.10. The molecule has 0 saturated heterocycles. The molecular formula is C17H16BrFO. The lowest BCUT2D eigenvalue weighted by Gasteiger charge is -2.15. The normalized spacial score (nSPS) is 16.1. The highest BCUT2D eigenvalue weighted by Crippen LogP contribution is 2.43. The van der Waals surface area contributed by atoms with Crippen LogP contribution in [0.4, 0.5) is 4.39 Å². The van der Waals surface area contributed by atoms with Gasteiger partial charge in [0.2, 0.25) is 0 Å². The number of aliphatic hydroxyl groups is 1. The predicted octanol–water partition coefficient (Wildman–Crippen LogP) is 4.74. The number of rotatable bonds is 4. The van der Waals surface area contributed by atoms with E-state index in [1.54, 1.807) is 0 Å². The molecule has 2 aromatic carbocycles. The molecule has 0 bridgehead atoms. The molecule has 104 valence electrons. The fourth-order valence-electron chi connectivity index (χ4n) is 2.64. The highest BCUT2D eigenvalue weighted by Gasteiger charge is 2.27. The van der Waals surface area contributed by atoms with Gasteiger partial charge in [0.15, 0.2) is 0 Å². The Morgan fingerprint density at radius 1 is 1.20 bits per heavy atom. The summed E-state index contributed by atoms with van der Waals surface area (Å²) >= 11 is 3.29. The average molecular weight is 335 g/mol. The number of hydrogen-bond acceptors (Lipinski definition) is 1. The number of benzene rings is 2. The van der Waals surface area contributed by atoms with Gasteiger partial charge in [-0.05, 0) is 53.6 Å². The highest BCUT2D eigenvalue weighted by atomic mass is 79.9. The maximum Gasteiger partial charge on any atom is 0.124 e. The van der Waals surface area contributed by atoms with Crippen molar-refractivity contribution < 1.29 is 9.50 Å². The summed E-state index contributed by atoms with van der Waals surface area (Å²) in [6, 6.07) is 12.8. The Balaban J connectivity index is 1.84. The SMILES string of the molecule is OC(Cc1cc(F)cc(Br)c1)c1ccccc1C1CC1. The van der Waals surface area contributed by atoms with E-state index < -0.39 is 6.10 Å². The Hall–Kier alpha value is -1.19. The molecule has 0 spiro atoms. The zero-order valence-electron chi connectivity index (χ0n) is 11.0. The number of aliphatic hydroxyl groups excluding tert-OH is 1. The van der Waals surface area contributed by atoms with Crippen LogP contribution in [0.5, 0.6) is 0 Å².